The Bertz CT molecular complexity index is 1030. The van der Waals surface area contributed by atoms with Crippen LogP contribution in [-0.4, -0.2) is 53.5 Å². The highest BCUT2D eigenvalue weighted by molar-refractivity contribution is 5.83. The van der Waals surface area contributed by atoms with Crippen LogP contribution < -0.4 is 0 Å². The van der Waals surface area contributed by atoms with Gasteiger partial charge in [0.2, 0.25) is 5.91 Å². The van der Waals surface area contributed by atoms with Crippen molar-refractivity contribution in [1.82, 2.24) is 14.9 Å². The Morgan fingerprint density at radius 2 is 1.61 bits per heavy atom. The molecule has 162 valence electrons. The lowest BCUT2D eigenvalue weighted by atomic mass is 10.1. The number of carbonyl (C=O) groups excluding carboxylic acids is 3. The molecule has 1 amide bonds. The number of fused-ring (bicyclic) bond motifs is 1. The number of para-hydroxylation sites is 2. The molecule has 2 aromatic carbocycles. The maximum Gasteiger partial charge on any atom is 0.325 e. The average molecular weight is 423 g/mol. The number of rotatable bonds is 9. The van der Waals surface area contributed by atoms with Crippen molar-refractivity contribution in [2.75, 3.05) is 20.8 Å². The highest BCUT2D eigenvalue weighted by atomic mass is 16.5. The van der Waals surface area contributed by atoms with Crippen molar-refractivity contribution in [3.05, 3.63) is 65.5 Å². The predicted molar refractivity (Wildman–Crippen MR) is 114 cm³/mol. The molecular formula is C23H25N3O5. The molecule has 0 aliphatic heterocycles. The molecule has 1 heterocycles. The molecule has 0 unspecified atom stereocenters. The van der Waals surface area contributed by atoms with Gasteiger partial charge < -0.3 is 19.4 Å². The van der Waals surface area contributed by atoms with Crippen LogP contribution in [0.4, 0.5) is 0 Å². The quantitative estimate of drug-likeness (QED) is 0.531. The lowest BCUT2D eigenvalue weighted by Gasteiger charge is -2.20. The summed E-state index contributed by atoms with van der Waals surface area (Å²) in [5.41, 5.74) is 3.46. The summed E-state index contributed by atoms with van der Waals surface area (Å²) >= 11 is 0. The van der Waals surface area contributed by atoms with Gasteiger partial charge in [0.15, 0.2) is 0 Å². The van der Waals surface area contributed by atoms with E-state index in [4.69, 9.17) is 4.74 Å². The van der Waals surface area contributed by atoms with E-state index in [1.807, 2.05) is 48.5 Å². The topological polar surface area (TPSA) is 102 Å². The maximum atomic E-state index is 12.9. The summed E-state index contributed by atoms with van der Waals surface area (Å²) in [6.07, 6.45) is 1.01. The Morgan fingerprint density at radius 3 is 2.29 bits per heavy atom. The molecule has 0 fully saturated rings. The van der Waals surface area contributed by atoms with Gasteiger partial charge in [0, 0.05) is 6.42 Å². The first-order valence-corrected chi connectivity index (χ1v) is 9.91. The lowest BCUT2D eigenvalue weighted by molar-refractivity contribution is -0.147. The number of carbonyl (C=O) groups is 3. The number of aromatic amines is 1. The van der Waals surface area contributed by atoms with Crippen LogP contribution in [0.5, 0.6) is 0 Å². The predicted octanol–water partition coefficient (Wildman–Crippen LogP) is 2.41. The first-order valence-electron chi connectivity index (χ1n) is 9.91. The molecule has 8 heteroatoms. The van der Waals surface area contributed by atoms with E-state index in [1.165, 1.54) is 19.1 Å². The van der Waals surface area contributed by atoms with E-state index in [0.717, 1.165) is 22.2 Å². The van der Waals surface area contributed by atoms with E-state index in [2.05, 4.69) is 14.7 Å². The van der Waals surface area contributed by atoms with Crippen molar-refractivity contribution in [1.29, 1.82) is 0 Å². The van der Waals surface area contributed by atoms with Crippen LogP contribution in [0.2, 0.25) is 0 Å². The van der Waals surface area contributed by atoms with E-state index in [-0.39, 0.29) is 31.4 Å². The van der Waals surface area contributed by atoms with Crippen LogP contribution in [-0.2, 0) is 43.2 Å². The van der Waals surface area contributed by atoms with Crippen molar-refractivity contribution < 1.29 is 23.9 Å². The Kier molecular flexibility index (Phi) is 7.37. The van der Waals surface area contributed by atoms with Gasteiger partial charge in [0.25, 0.3) is 0 Å². The minimum atomic E-state index is -0.498. The number of imidazole rings is 1. The molecule has 3 rings (SSSR count). The monoisotopic (exact) mass is 423 g/mol. The van der Waals surface area contributed by atoms with Gasteiger partial charge in [-0.3, -0.25) is 14.4 Å². The number of H-pyrrole nitrogens is 1. The first-order chi connectivity index (χ1) is 15.0. The molecule has 0 atom stereocenters. The summed E-state index contributed by atoms with van der Waals surface area (Å²) in [6.45, 7) is 0.00339. The summed E-state index contributed by atoms with van der Waals surface area (Å²) in [6, 6.07) is 15.0. The number of aryl methyl sites for hydroxylation is 1. The Balaban J connectivity index is 1.67. The summed E-state index contributed by atoms with van der Waals surface area (Å²) in [5.74, 6) is -0.379. The number of hydrogen-bond acceptors (Lipinski definition) is 6. The Morgan fingerprint density at radius 1 is 0.935 bits per heavy atom. The van der Waals surface area contributed by atoms with Gasteiger partial charge in [0.05, 0.1) is 38.2 Å². The van der Waals surface area contributed by atoms with Gasteiger partial charge in [-0.1, -0.05) is 36.4 Å². The standard InChI is InChI=1S/C23H25N3O5/c1-30-22(28)12-11-16-7-9-17(10-8-16)13-21(27)26(15-23(29)31-2)14-20-24-18-5-3-4-6-19(18)25-20/h3-10H,11-15H2,1-2H3,(H,24,25). The van der Waals surface area contributed by atoms with Crippen LogP contribution in [0, 0.1) is 0 Å². The second kappa shape index (κ2) is 10.4. The van der Waals surface area contributed by atoms with E-state index in [9.17, 15) is 14.4 Å². The molecule has 1 aromatic heterocycles. The molecule has 0 radical (unpaired) electrons. The number of nitrogens with zero attached hydrogens (tertiary/aromatic N) is 2. The fourth-order valence-corrected chi connectivity index (χ4v) is 3.17. The SMILES string of the molecule is COC(=O)CCc1ccc(CC(=O)N(CC(=O)OC)Cc2nc3ccccc3[nH]2)cc1. The van der Waals surface area contributed by atoms with Crippen LogP contribution in [0.1, 0.15) is 23.4 Å². The third kappa shape index (κ3) is 6.15. The van der Waals surface area contributed by atoms with Gasteiger partial charge in [-0.05, 0) is 29.7 Å². The smallest absolute Gasteiger partial charge is 0.325 e. The first kappa shape index (κ1) is 22.0. The molecule has 1 N–H and O–H groups in total. The zero-order valence-electron chi connectivity index (χ0n) is 17.6. The van der Waals surface area contributed by atoms with Gasteiger partial charge in [0.1, 0.15) is 12.4 Å². The number of amides is 1. The summed E-state index contributed by atoms with van der Waals surface area (Å²) in [4.78, 5) is 45.2. The van der Waals surface area contributed by atoms with Crippen LogP contribution >= 0.6 is 0 Å². The normalized spacial score (nSPS) is 10.6. The summed E-state index contributed by atoms with van der Waals surface area (Å²) in [5, 5.41) is 0. The number of aromatic nitrogens is 2. The number of hydrogen-bond donors (Lipinski definition) is 1. The minimum absolute atomic E-state index is 0.133. The van der Waals surface area contributed by atoms with Crippen molar-refractivity contribution in [2.24, 2.45) is 0 Å². The van der Waals surface area contributed by atoms with E-state index >= 15 is 0 Å². The van der Waals surface area contributed by atoms with Crippen molar-refractivity contribution in [2.45, 2.75) is 25.8 Å². The van der Waals surface area contributed by atoms with Crippen molar-refractivity contribution in [3.8, 4) is 0 Å². The molecule has 0 saturated carbocycles. The number of esters is 2. The molecule has 0 spiro atoms. The van der Waals surface area contributed by atoms with Crippen LogP contribution in [0.25, 0.3) is 11.0 Å². The van der Waals surface area contributed by atoms with Gasteiger partial charge in [-0.25, -0.2) is 4.98 Å². The lowest BCUT2D eigenvalue weighted by Crippen LogP contribution is -2.37. The largest absolute Gasteiger partial charge is 0.469 e. The zero-order valence-corrected chi connectivity index (χ0v) is 17.6. The Labute approximate surface area is 180 Å². The molecular weight excluding hydrogens is 398 g/mol. The third-order valence-electron chi connectivity index (χ3n) is 4.90. The van der Waals surface area contributed by atoms with Crippen molar-refractivity contribution >= 4 is 28.9 Å². The maximum absolute atomic E-state index is 12.9. The van der Waals surface area contributed by atoms with Gasteiger partial charge >= 0.3 is 11.9 Å². The number of ether oxygens (including phenoxy) is 2. The average Bonchev–Trinajstić information content (AvgIpc) is 3.20. The highest BCUT2D eigenvalue weighted by Crippen LogP contribution is 2.14. The minimum Gasteiger partial charge on any atom is -0.469 e. The molecule has 8 nitrogen and oxygen atoms in total. The fraction of sp³-hybridized carbons (Fsp3) is 0.304. The molecule has 0 aliphatic rings. The second-order valence-corrected chi connectivity index (χ2v) is 7.10. The molecule has 0 bridgehead atoms. The van der Waals surface area contributed by atoms with E-state index < -0.39 is 5.97 Å². The summed E-state index contributed by atoms with van der Waals surface area (Å²) < 4.78 is 9.40. The fourth-order valence-electron chi connectivity index (χ4n) is 3.17. The van der Waals surface area contributed by atoms with E-state index in [0.29, 0.717) is 18.7 Å². The molecule has 31 heavy (non-hydrogen) atoms. The number of nitrogens with one attached hydrogen (secondary N) is 1. The molecule has 0 aliphatic carbocycles. The molecule has 3 aromatic rings. The zero-order chi connectivity index (χ0) is 22.2. The van der Waals surface area contributed by atoms with Crippen molar-refractivity contribution in [3.63, 3.8) is 0 Å². The van der Waals surface area contributed by atoms with Crippen LogP contribution in [0.3, 0.4) is 0 Å². The van der Waals surface area contributed by atoms with Gasteiger partial charge in [-0.2, -0.15) is 0 Å². The van der Waals surface area contributed by atoms with Crippen LogP contribution in [0.15, 0.2) is 48.5 Å². The Hall–Kier alpha value is -3.68. The second-order valence-electron chi connectivity index (χ2n) is 7.10. The third-order valence-corrected chi connectivity index (χ3v) is 4.90. The molecule has 0 saturated heterocycles. The highest BCUT2D eigenvalue weighted by Gasteiger charge is 2.20. The number of benzene rings is 2. The van der Waals surface area contributed by atoms with Gasteiger partial charge in [-0.15, -0.1) is 0 Å². The summed E-state index contributed by atoms with van der Waals surface area (Å²) in [7, 11) is 2.65. The van der Waals surface area contributed by atoms with E-state index in [1.54, 1.807) is 0 Å². The number of methoxy groups -OCH3 is 2.